The summed E-state index contributed by atoms with van der Waals surface area (Å²) in [6, 6.07) is 0. The summed E-state index contributed by atoms with van der Waals surface area (Å²) in [6.07, 6.45) is 3.24. The second-order valence-corrected chi connectivity index (χ2v) is 4.40. The van der Waals surface area contributed by atoms with Crippen molar-refractivity contribution in [1.82, 2.24) is 20.1 Å². The van der Waals surface area contributed by atoms with E-state index in [2.05, 4.69) is 15.4 Å². The third-order valence-electron chi connectivity index (χ3n) is 3.37. The largest absolute Gasteiger partial charge is 0.394 e. The molecule has 0 unspecified atom stereocenters. The van der Waals surface area contributed by atoms with Crippen LogP contribution in [0, 0.1) is 0 Å². The molecule has 17 heavy (non-hydrogen) atoms. The van der Waals surface area contributed by atoms with Crippen molar-refractivity contribution < 1.29 is 9.84 Å². The number of aryl methyl sites for hydroxylation is 1. The van der Waals surface area contributed by atoms with Crippen LogP contribution in [0.3, 0.4) is 0 Å². The highest BCUT2D eigenvalue weighted by Crippen LogP contribution is 2.20. The fourth-order valence-corrected chi connectivity index (χ4v) is 2.11. The second kappa shape index (κ2) is 5.57. The normalized spacial score (nSPS) is 19.4. The molecule has 96 valence electrons. The van der Waals surface area contributed by atoms with Crippen LogP contribution in [0.4, 0.5) is 0 Å². The lowest BCUT2D eigenvalue weighted by Gasteiger charge is -2.36. The summed E-state index contributed by atoms with van der Waals surface area (Å²) in [7, 11) is 0. The number of aliphatic hydroxyl groups is 1. The molecule has 0 saturated carbocycles. The van der Waals surface area contributed by atoms with Crippen LogP contribution in [0.25, 0.3) is 0 Å². The Labute approximate surface area is 101 Å². The minimum Gasteiger partial charge on any atom is -0.394 e. The summed E-state index contributed by atoms with van der Waals surface area (Å²) >= 11 is 0. The zero-order valence-electron chi connectivity index (χ0n) is 10.2. The van der Waals surface area contributed by atoms with Crippen molar-refractivity contribution in [2.75, 3.05) is 19.8 Å². The van der Waals surface area contributed by atoms with Crippen LogP contribution < -0.4 is 5.32 Å². The third-order valence-corrected chi connectivity index (χ3v) is 3.37. The number of rotatable bonds is 5. The highest BCUT2D eigenvalue weighted by Gasteiger charge is 2.31. The summed E-state index contributed by atoms with van der Waals surface area (Å²) in [4.78, 5) is 4.21. The van der Waals surface area contributed by atoms with E-state index in [9.17, 15) is 5.11 Å². The SMILES string of the molecule is CCn1ncnc1CNC1(CO)CCOCC1. The number of aromatic nitrogens is 3. The van der Waals surface area contributed by atoms with Gasteiger partial charge in [0.25, 0.3) is 0 Å². The predicted octanol–water partition coefficient (Wildman–Crippen LogP) is -0.0709. The number of hydrogen-bond donors (Lipinski definition) is 2. The highest BCUT2D eigenvalue weighted by atomic mass is 16.5. The standard InChI is InChI=1S/C11H20N4O2/c1-2-15-10(12-9-14-15)7-13-11(8-16)3-5-17-6-4-11/h9,13,16H,2-8H2,1H3. The van der Waals surface area contributed by atoms with Crippen molar-refractivity contribution in [1.29, 1.82) is 0 Å². The monoisotopic (exact) mass is 240 g/mol. The number of nitrogens with one attached hydrogen (secondary N) is 1. The Morgan fingerprint density at radius 1 is 1.53 bits per heavy atom. The van der Waals surface area contributed by atoms with E-state index in [1.807, 2.05) is 11.6 Å². The lowest BCUT2D eigenvalue weighted by molar-refractivity contribution is 0.0107. The minimum absolute atomic E-state index is 0.136. The van der Waals surface area contributed by atoms with Gasteiger partial charge in [-0.1, -0.05) is 0 Å². The van der Waals surface area contributed by atoms with Crippen molar-refractivity contribution in [3.8, 4) is 0 Å². The quantitative estimate of drug-likeness (QED) is 0.753. The van der Waals surface area contributed by atoms with Crippen LogP contribution in [0.1, 0.15) is 25.6 Å². The molecule has 1 aromatic rings. The van der Waals surface area contributed by atoms with Crippen molar-refractivity contribution in [3.63, 3.8) is 0 Å². The van der Waals surface area contributed by atoms with E-state index in [0.717, 1.165) is 25.2 Å². The molecule has 6 heteroatoms. The van der Waals surface area contributed by atoms with Crippen LogP contribution >= 0.6 is 0 Å². The fourth-order valence-electron chi connectivity index (χ4n) is 2.11. The van der Waals surface area contributed by atoms with Crippen LogP contribution in [0.5, 0.6) is 0 Å². The Kier molecular flexibility index (Phi) is 4.09. The van der Waals surface area contributed by atoms with E-state index < -0.39 is 0 Å². The van der Waals surface area contributed by atoms with Gasteiger partial charge in [0.05, 0.1) is 13.2 Å². The van der Waals surface area contributed by atoms with Gasteiger partial charge in [-0.05, 0) is 19.8 Å². The number of ether oxygens (including phenoxy) is 1. The van der Waals surface area contributed by atoms with Crippen LogP contribution in [-0.2, 0) is 17.8 Å². The van der Waals surface area contributed by atoms with E-state index >= 15 is 0 Å². The molecule has 0 aromatic carbocycles. The maximum absolute atomic E-state index is 9.54. The molecule has 0 atom stereocenters. The number of aliphatic hydroxyl groups excluding tert-OH is 1. The summed E-state index contributed by atoms with van der Waals surface area (Å²) in [6.45, 7) is 5.02. The molecule has 1 aliphatic rings. The van der Waals surface area contributed by atoms with E-state index in [1.165, 1.54) is 0 Å². The van der Waals surface area contributed by atoms with E-state index in [-0.39, 0.29) is 12.1 Å². The van der Waals surface area contributed by atoms with Gasteiger partial charge in [-0.3, -0.25) is 0 Å². The molecule has 1 aliphatic heterocycles. The van der Waals surface area contributed by atoms with E-state index in [4.69, 9.17) is 4.74 Å². The number of hydrogen-bond acceptors (Lipinski definition) is 5. The van der Waals surface area contributed by atoms with Crippen molar-refractivity contribution >= 4 is 0 Å². The lowest BCUT2D eigenvalue weighted by atomic mass is 9.91. The molecule has 0 spiro atoms. The highest BCUT2D eigenvalue weighted by molar-refractivity contribution is 4.93. The maximum Gasteiger partial charge on any atom is 0.140 e. The van der Waals surface area contributed by atoms with E-state index in [1.54, 1.807) is 6.33 Å². The zero-order chi connectivity index (χ0) is 12.1. The molecule has 6 nitrogen and oxygen atoms in total. The number of nitrogens with zero attached hydrogens (tertiary/aromatic N) is 3. The van der Waals surface area contributed by atoms with Gasteiger partial charge in [0.1, 0.15) is 12.2 Å². The Bertz CT molecular complexity index is 347. The Balaban J connectivity index is 1.95. The average Bonchev–Trinajstić information content (AvgIpc) is 2.85. The summed E-state index contributed by atoms with van der Waals surface area (Å²) in [5.74, 6) is 0.909. The molecule has 2 heterocycles. The molecule has 0 aliphatic carbocycles. The van der Waals surface area contributed by atoms with Crippen LogP contribution in [0.2, 0.25) is 0 Å². The van der Waals surface area contributed by atoms with Crippen molar-refractivity contribution in [3.05, 3.63) is 12.2 Å². The smallest absolute Gasteiger partial charge is 0.140 e. The summed E-state index contributed by atoms with van der Waals surface area (Å²) < 4.78 is 7.18. The molecule has 1 aromatic heterocycles. The predicted molar refractivity (Wildman–Crippen MR) is 62.4 cm³/mol. The molecule has 2 rings (SSSR count). The molecular weight excluding hydrogens is 220 g/mol. The first-order valence-corrected chi connectivity index (χ1v) is 6.10. The summed E-state index contributed by atoms with van der Waals surface area (Å²) in [5, 5.41) is 17.1. The first-order valence-electron chi connectivity index (χ1n) is 6.10. The van der Waals surface area contributed by atoms with Crippen LogP contribution in [-0.4, -0.2) is 45.2 Å². The van der Waals surface area contributed by atoms with Gasteiger partial charge >= 0.3 is 0 Å². The van der Waals surface area contributed by atoms with Gasteiger partial charge in [-0.15, -0.1) is 0 Å². The Hall–Kier alpha value is -0.980. The molecular formula is C11H20N4O2. The van der Waals surface area contributed by atoms with Crippen molar-refractivity contribution in [2.24, 2.45) is 0 Å². The second-order valence-electron chi connectivity index (χ2n) is 4.40. The Morgan fingerprint density at radius 2 is 2.29 bits per heavy atom. The molecule has 2 N–H and O–H groups in total. The first kappa shape index (κ1) is 12.5. The lowest BCUT2D eigenvalue weighted by Crippen LogP contribution is -2.52. The topological polar surface area (TPSA) is 72.2 Å². The maximum atomic E-state index is 9.54. The fraction of sp³-hybridized carbons (Fsp3) is 0.818. The van der Waals surface area contributed by atoms with Gasteiger partial charge in [0.2, 0.25) is 0 Å². The molecule has 1 fully saturated rings. The van der Waals surface area contributed by atoms with Crippen molar-refractivity contribution in [2.45, 2.75) is 38.4 Å². The molecule has 0 bridgehead atoms. The van der Waals surface area contributed by atoms with Gasteiger partial charge < -0.3 is 15.2 Å². The first-order chi connectivity index (χ1) is 8.29. The Morgan fingerprint density at radius 3 is 2.94 bits per heavy atom. The van der Waals surface area contributed by atoms with E-state index in [0.29, 0.717) is 19.8 Å². The zero-order valence-corrected chi connectivity index (χ0v) is 10.2. The van der Waals surface area contributed by atoms with Gasteiger partial charge in [0.15, 0.2) is 0 Å². The molecule has 0 radical (unpaired) electrons. The average molecular weight is 240 g/mol. The molecule has 1 saturated heterocycles. The molecule has 0 amide bonds. The van der Waals surface area contributed by atoms with Gasteiger partial charge in [-0.2, -0.15) is 5.10 Å². The van der Waals surface area contributed by atoms with Gasteiger partial charge in [-0.25, -0.2) is 9.67 Å². The van der Waals surface area contributed by atoms with Gasteiger partial charge in [0, 0.05) is 25.3 Å². The van der Waals surface area contributed by atoms with Crippen LogP contribution in [0.15, 0.2) is 6.33 Å². The summed E-state index contributed by atoms with van der Waals surface area (Å²) in [5.41, 5.74) is -0.219. The third kappa shape index (κ3) is 2.83. The minimum atomic E-state index is -0.219.